The lowest BCUT2D eigenvalue weighted by molar-refractivity contribution is 0.510. The van der Waals surface area contributed by atoms with Crippen LogP contribution in [0.15, 0.2) is 22.7 Å². The molecule has 0 saturated heterocycles. The Hall–Kier alpha value is -1.00. The average Bonchev–Trinajstić information content (AvgIpc) is 2.71. The van der Waals surface area contributed by atoms with Crippen LogP contribution in [0.25, 0.3) is 11.3 Å². The van der Waals surface area contributed by atoms with Crippen molar-refractivity contribution in [3.05, 3.63) is 33.5 Å². The molecule has 1 aromatic carbocycles. The molecule has 0 fully saturated rings. The molecular formula is C16H21BrClN3. The van der Waals surface area contributed by atoms with E-state index in [1.165, 1.54) is 0 Å². The second-order valence-electron chi connectivity index (χ2n) is 5.65. The molecule has 0 radical (unpaired) electrons. The van der Waals surface area contributed by atoms with Crippen LogP contribution in [0, 0.1) is 5.92 Å². The maximum Gasteiger partial charge on any atom is 0.131 e. The van der Waals surface area contributed by atoms with Crippen molar-refractivity contribution >= 4 is 33.3 Å². The van der Waals surface area contributed by atoms with E-state index >= 15 is 0 Å². The summed E-state index contributed by atoms with van der Waals surface area (Å²) in [5.74, 6) is 2.31. The normalized spacial score (nSPS) is 11.3. The van der Waals surface area contributed by atoms with Crippen LogP contribution in [-0.2, 0) is 13.0 Å². The summed E-state index contributed by atoms with van der Waals surface area (Å²) in [7, 11) is 0. The van der Waals surface area contributed by atoms with Gasteiger partial charge in [0, 0.05) is 23.0 Å². The Morgan fingerprint density at radius 1 is 1.38 bits per heavy atom. The topological polar surface area (TPSA) is 43.8 Å². The van der Waals surface area contributed by atoms with Crippen molar-refractivity contribution in [3.8, 4) is 11.3 Å². The van der Waals surface area contributed by atoms with Crippen LogP contribution in [0.4, 0.5) is 5.82 Å². The molecule has 2 aromatic rings. The highest BCUT2D eigenvalue weighted by Gasteiger charge is 2.17. The molecule has 0 bridgehead atoms. The molecule has 1 aromatic heterocycles. The molecular weight excluding hydrogens is 350 g/mol. The van der Waals surface area contributed by atoms with Crippen LogP contribution in [0.1, 0.15) is 33.0 Å². The van der Waals surface area contributed by atoms with Crippen molar-refractivity contribution < 1.29 is 0 Å². The minimum atomic E-state index is 0.526. The fourth-order valence-electron chi connectivity index (χ4n) is 2.35. The molecule has 3 nitrogen and oxygen atoms in total. The molecule has 0 spiro atoms. The van der Waals surface area contributed by atoms with E-state index in [4.69, 9.17) is 22.3 Å². The Balaban J connectivity index is 2.50. The largest absolute Gasteiger partial charge is 0.383 e. The van der Waals surface area contributed by atoms with Gasteiger partial charge in [-0.15, -0.1) is 0 Å². The zero-order valence-corrected chi connectivity index (χ0v) is 15.0. The van der Waals surface area contributed by atoms with Crippen LogP contribution in [0.3, 0.4) is 0 Å². The minimum Gasteiger partial charge on any atom is -0.383 e. The zero-order chi connectivity index (χ0) is 15.6. The Morgan fingerprint density at radius 3 is 2.67 bits per heavy atom. The third-order valence-corrected chi connectivity index (χ3v) is 4.53. The van der Waals surface area contributed by atoms with Gasteiger partial charge in [-0.05, 0) is 40.4 Å². The predicted octanol–water partition coefficient (Wildman–Crippen LogP) is 5.16. The van der Waals surface area contributed by atoms with Crippen molar-refractivity contribution in [2.45, 2.75) is 40.2 Å². The van der Waals surface area contributed by atoms with Gasteiger partial charge in [-0.1, -0.05) is 38.4 Å². The summed E-state index contributed by atoms with van der Waals surface area (Å²) in [6.07, 6.45) is 1.98. The summed E-state index contributed by atoms with van der Waals surface area (Å²) in [4.78, 5) is 4.76. The van der Waals surface area contributed by atoms with E-state index in [9.17, 15) is 0 Å². The molecule has 5 heteroatoms. The Bertz CT molecular complexity index is 635. The molecule has 114 valence electrons. The van der Waals surface area contributed by atoms with E-state index in [1.807, 2.05) is 18.2 Å². The number of nitrogens with zero attached hydrogens (tertiary/aromatic N) is 2. The van der Waals surface area contributed by atoms with E-state index in [1.54, 1.807) is 0 Å². The van der Waals surface area contributed by atoms with Gasteiger partial charge in [0.15, 0.2) is 0 Å². The van der Waals surface area contributed by atoms with Crippen molar-refractivity contribution in [3.63, 3.8) is 0 Å². The van der Waals surface area contributed by atoms with Gasteiger partial charge in [0.25, 0.3) is 0 Å². The van der Waals surface area contributed by atoms with Crippen molar-refractivity contribution in [1.82, 2.24) is 9.55 Å². The summed E-state index contributed by atoms with van der Waals surface area (Å²) in [6, 6.07) is 5.82. The molecule has 0 aliphatic carbocycles. The first-order valence-corrected chi connectivity index (χ1v) is 8.41. The predicted molar refractivity (Wildman–Crippen MR) is 93.6 cm³/mol. The molecule has 2 rings (SSSR count). The molecule has 1 heterocycles. The average molecular weight is 371 g/mol. The van der Waals surface area contributed by atoms with Gasteiger partial charge in [-0.25, -0.2) is 4.98 Å². The first-order valence-electron chi connectivity index (χ1n) is 7.24. The van der Waals surface area contributed by atoms with Gasteiger partial charge in [-0.3, -0.25) is 0 Å². The number of hydrogen-bond donors (Lipinski definition) is 1. The Morgan fingerprint density at radius 2 is 2.10 bits per heavy atom. The Kier molecular flexibility index (Phi) is 5.33. The number of halogens is 2. The lowest BCUT2D eigenvalue weighted by atomic mass is 10.1. The van der Waals surface area contributed by atoms with Gasteiger partial charge in [0.2, 0.25) is 0 Å². The summed E-state index contributed by atoms with van der Waals surface area (Å²) in [5.41, 5.74) is 8.13. The molecule has 0 saturated carbocycles. The van der Waals surface area contributed by atoms with E-state index < -0.39 is 0 Å². The maximum atomic E-state index is 6.35. The van der Waals surface area contributed by atoms with Gasteiger partial charge in [0.05, 0.1) is 5.02 Å². The molecule has 0 amide bonds. The van der Waals surface area contributed by atoms with Crippen molar-refractivity contribution in [2.24, 2.45) is 5.92 Å². The van der Waals surface area contributed by atoms with Crippen LogP contribution < -0.4 is 5.73 Å². The molecule has 0 aliphatic heterocycles. The van der Waals surface area contributed by atoms with E-state index in [-0.39, 0.29) is 0 Å². The standard InChI is InChI=1S/C16H21BrClN3/c1-4-5-14-20-15(16(19)21(14)9-10(2)3)11-6-7-12(17)13(18)8-11/h6-8,10H,4-5,9,19H2,1-3H3. The zero-order valence-electron chi connectivity index (χ0n) is 12.7. The number of hydrogen-bond acceptors (Lipinski definition) is 2. The summed E-state index contributed by atoms with van der Waals surface area (Å²) < 4.78 is 3.02. The number of benzene rings is 1. The fraction of sp³-hybridized carbons (Fsp3) is 0.438. The number of aromatic nitrogens is 2. The van der Waals surface area contributed by atoms with Gasteiger partial charge >= 0.3 is 0 Å². The molecule has 21 heavy (non-hydrogen) atoms. The molecule has 0 unspecified atom stereocenters. The monoisotopic (exact) mass is 369 g/mol. The van der Waals surface area contributed by atoms with Gasteiger partial charge in [0.1, 0.15) is 17.3 Å². The lowest BCUT2D eigenvalue weighted by Crippen LogP contribution is -2.11. The highest BCUT2D eigenvalue weighted by Crippen LogP contribution is 2.32. The number of nitrogen functional groups attached to an aromatic ring is 1. The van der Waals surface area contributed by atoms with Gasteiger partial charge in [-0.2, -0.15) is 0 Å². The first kappa shape index (κ1) is 16.4. The summed E-state index contributed by atoms with van der Waals surface area (Å²) in [6.45, 7) is 7.41. The molecule has 0 aliphatic rings. The highest BCUT2D eigenvalue weighted by atomic mass is 79.9. The smallest absolute Gasteiger partial charge is 0.131 e. The van der Waals surface area contributed by atoms with Crippen LogP contribution in [0.2, 0.25) is 5.02 Å². The lowest BCUT2D eigenvalue weighted by Gasteiger charge is -2.12. The van der Waals surface area contributed by atoms with Crippen LogP contribution in [0.5, 0.6) is 0 Å². The Labute approximate surface area is 139 Å². The maximum absolute atomic E-state index is 6.35. The second-order valence-corrected chi connectivity index (χ2v) is 6.91. The number of aryl methyl sites for hydroxylation is 1. The molecule has 2 N–H and O–H groups in total. The third-order valence-electron chi connectivity index (χ3n) is 3.30. The number of imidazole rings is 1. The van der Waals surface area contributed by atoms with Crippen molar-refractivity contribution in [1.29, 1.82) is 0 Å². The summed E-state index contributed by atoms with van der Waals surface area (Å²) in [5, 5.41) is 0.669. The van der Waals surface area contributed by atoms with Crippen LogP contribution >= 0.6 is 27.5 Å². The number of anilines is 1. The van der Waals surface area contributed by atoms with Crippen LogP contribution in [-0.4, -0.2) is 9.55 Å². The first-order chi connectivity index (χ1) is 9.93. The number of nitrogens with two attached hydrogens (primary N) is 1. The van der Waals surface area contributed by atoms with E-state index in [2.05, 4.69) is 41.3 Å². The molecule has 0 atom stereocenters. The van der Waals surface area contributed by atoms with E-state index in [0.717, 1.165) is 46.8 Å². The minimum absolute atomic E-state index is 0.526. The summed E-state index contributed by atoms with van der Waals surface area (Å²) >= 11 is 9.59. The number of rotatable bonds is 5. The SMILES string of the molecule is CCCc1nc(-c2ccc(Br)c(Cl)c2)c(N)n1CC(C)C. The van der Waals surface area contributed by atoms with Crippen molar-refractivity contribution in [2.75, 3.05) is 5.73 Å². The quantitative estimate of drug-likeness (QED) is 0.790. The fourth-order valence-corrected chi connectivity index (χ4v) is 2.78. The highest BCUT2D eigenvalue weighted by molar-refractivity contribution is 9.10. The second kappa shape index (κ2) is 6.84. The third kappa shape index (κ3) is 3.61. The van der Waals surface area contributed by atoms with E-state index in [0.29, 0.717) is 10.9 Å². The van der Waals surface area contributed by atoms with Gasteiger partial charge < -0.3 is 10.3 Å².